The van der Waals surface area contributed by atoms with Gasteiger partial charge in [0.1, 0.15) is 0 Å². The Morgan fingerprint density at radius 2 is 1.58 bits per heavy atom. The first-order valence-corrected chi connectivity index (χ1v) is 7.51. The van der Waals surface area contributed by atoms with Gasteiger partial charge in [0.25, 0.3) is 0 Å². The second-order valence-electron chi connectivity index (χ2n) is 5.37. The lowest BCUT2D eigenvalue weighted by Crippen LogP contribution is -1.96. The van der Waals surface area contributed by atoms with Crippen molar-refractivity contribution < 1.29 is 19.3 Å². The molecular formula is C19H19NO4. The lowest BCUT2D eigenvalue weighted by Gasteiger charge is -2.12. The summed E-state index contributed by atoms with van der Waals surface area (Å²) < 4.78 is 15.8. The topological polar surface area (TPSA) is 60.8 Å². The number of benzene rings is 2. The molecule has 24 heavy (non-hydrogen) atoms. The summed E-state index contributed by atoms with van der Waals surface area (Å²) in [6.07, 6.45) is 2.36. The Labute approximate surface area is 140 Å². The van der Waals surface area contributed by atoms with Crippen molar-refractivity contribution in [3.8, 4) is 23.0 Å². The van der Waals surface area contributed by atoms with Gasteiger partial charge in [-0.25, -0.2) is 0 Å². The third-order valence-corrected chi connectivity index (χ3v) is 3.97. The fraction of sp³-hybridized carbons (Fsp3) is 0.211. The van der Waals surface area contributed by atoms with Crippen LogP contribution in [0.2, 0.25) is 0 Å². The Morgan fingerprint density at radius 3 is 2.25 bits per heavy atom. The second-order valence-corrected chi connectivity index (χ2v) is 5.37. The number of nitrogens with zero attached hydrogens (tertiary/aromatic N) is 1. The van der Waals surface area contributed by atoms with Gasteiger partial charge in [0.15, 0.2) is 23.0 Å². The SMILES string of the molecule is COc1ccc(Cc2nccc3cc(OC)c(OC)cc23)cc1O. The number of phenols is 1. The van der Waals surface area contributed by atoms with E-state index in [1.165, 1.54) is 7.11 Å². The summed E-state index contributed by atoms with van der Waals surface area (Å²) in [5.41, 5.74) is 1.85. The van der Waals surface area contributed by atoms with Crippen molar-refractivity contribution in [3.05, 3.63) is 53.9 Å². The third kappa shape index (κ3) is 2.93. The number of hydrogen-bond donors (Lipinski definition) is 1. The van der Waals surface area contributed by atoms with Crippen LogP contribution < -0.4 is 14.2 Å². The third-order valence-electron chi connectivity index (χ3n) is 3.97. The summed E-state index contributed by atoms with van der Waals surface area (Å²) in [5, 5.41) is 12.0. The molecule has 0 atom stereocenters. The van der Waals surface area contributed by atoms with Gasteiger partial charge in [0, 0.05) is 18.0 Å². The molecule has 0 aliphatic rings. The fourth-order valence-electron chi connectivity index (χ4n) is 2.74. The number of fused-ring (bicyclic) bond motifs is 1. The molecule has 0 spiro atoms. The molecule has 3 aromatic rings. The monoisotopic (exact) mass is 325 g/mol. The van der Waals surface area contributed by atoms with Gasteiger partial charge in [-0.3, -0.25) is 4.98 Å². The minimum Gasteiger partial charge on any atom is -0.504 e. The lowest BCUT2D eigenvalue weighted by atomic mass is 10.0. The van der Waals surface area contributed by atoms with Gasteiger partial charge in [0.2, 0.25) is 0 Å². The molecule has 5 heteroatoms. The number of hydrogen-bond acceptors (Lipinski definition) is 5. The van der Waals surface area contributed by atoms with Crippen molar-refractivity contribution in [3.63, 3.8) is 0 Å². The molecule has 1 aromatic heterocycles. The van der Waals surface area contributed by atoms with Crippen LogP contribution in [-0.2, 0) is 6.42 Å². The van der Waals surface area contributed by atoms with E-state index in [9.17, 15) is 5.11 Å². The molecule has 0 bridgehead atoms. The molecular weight excluding hydrogens is 306 g/mol. The van der Waals surface area contributed by atoms with Gasteiger partial charge in [-0.05, 0) is 41.3 Å². The van der Waals surface area contributed by atoms with E-state index in [1.54, 1.807) is 32.5 Å². The molecule has 1 heterocycles. The van der Waals surface area contributed by atoms with Crippen molar-refractivity contribution >= 4 is 10.8 Å². The van der Waals surface area contributed by atoms with Crippen molar-refractivity contribution in [1.82, 2.24) is 4.98 Å². The Balaban J connectivity index is 2.04. The number of pyridine rings is 1. The molecule has 0 saturated heterocycles. The predicted octanol–water partition coefficient (Wildman–Crippen LogP) is 3.56. The average Bonchev–Trinajstić information content (AvgIpc) is 2.61. The van der Waals surface area contributed by atoms with E-state index in [-0.39, 0.29) is 5.75 Å². The normalized spacial score (nSPS) is 10.6. The van der Waals surface area contributed by atoms with E-state index in [4.69, 9.17) is 14.2 Å². The van der Waals surface area contributed by atoms with Crippen LogP contribution in [0.15, 0.2) is 42.6 Å². The number of ether oxygens (including phenoxy) is 3. The van der Waals surface area contributed by atoms with Crippen molar-refractivity contribution in [2.45, 2.75) is 6.42 Å². The van der Waals surface area contributed by atoms with E-state index in [0.717, 1.165) is 22.0 Å². The molecule has 0 aliphatic heterocycles. The van der Waals surface area contributed by atoms with Crippen LogP contribution in [-0.4, -0.2) is 31.4 Å². The first-order chi connectivity index (χ1) is 11.7. The zero-order valence-electron chi connectivity index (χ0n) is 13.9. The summed E-state index contributed by atoms with van der Waals surface area (Å²) in [7, 11) is 4.76. The average molecular weight is 325 g/mol. The largest absolute Gasteiger partial charge is 0.504 e. The van der Waals surface area contributed by atoms with Gasteiger partial charge < -0.3 is 19.3 Å². The molecule has 1 N–H and O–H groups in total. The summed E-state index contributed by atoms with van der Waals surface area (Å²) in [6.45, 7) is 0. The number of methoxy groups -OCH3 is 3. The molecule has 0 saturated carbocycles. The first kappa shape index (κ1) is 15.9. The predicted molar refractivity (Wildman–Crippen MR) is 92.3 cm³/mol. The standard InChI is InChI=1S/C19H19NO4/c1-22-17-5-4-12(9-16(17)21)8-15-14-11-19(24-3)18(23-2)10-13(14)6-7-20-15/h4-7,9-11,21H,8H2,1-3H3. The van der Waals surface area contributed by atoms with Gasteiger partial charge in [0.05, 0.1) is 27.0 Å². The Hall–Kier alpha value is -2.95. The fourth-order valence-corrected chi connectivity index (χ4v) is 2.74. The molecule has 0 amide bonds. The quantitative estimate of drug-likeness (QED) is 0.777. The summed E-state index contributed by atoms with van der Waals surface area (Å²) >= 11 is 0. The smallest absolute Gasteiger partial charge is 0.161 e. The first-order valence-electron chi connectivity index (χ1n) is 7.51. The molecule has 124 valence electrons. The Kier molecular flexibility index (Phi) is 4.42. The van der Waals surface area contributed by atoms with Gasteiger partial charge in [-0.2, -0.15) is 0 Å². The molecule has 5 nitrogen and oxygen atoms in total. The van der Waals surface area contributed by atoms with Crippen LogP contribution in [0.5, 0.6) is 23.0 Å². The molecule has 2 aromatic carbocycles. The van der Waals surface area contributed by atoms with Crippen LogP contribution in [0.1, 0.15) is 11.3 Å². The summed E-state index contributed by atoms with van der Waals surface area (Å²) in [4.78, 5) is 4.50. The molecule has 0 radical (unpaired) electrons. The molecule has 0 aliphatic carbocycles. The zero-order valence-corrected chi connectivity index (χ0v) is 13.9. The lowest BCUT2D eigenvalue weighted by molar-refractivity contribution is 0.356. The number of rotatable bonds is 5. The highest BCUT2D eigenvalue weighted by atomic mass is 16.5. The maximum atomic E-state index is 9.95. The van der Waals surface area contributed by atoms with Crippen LogP contribution in [0.4, 0.5) is 0 Å². The van der Waals surface area contributed by atoms with E-state index in [0.29, 0.717) is 23.7 Å². The molecule has 3 rings (SSSR count). The van der Waals surface area contributed by atoms with Crippen molar-refractivity contribution in [1.29, 1.82) is 0 Å². The van der Waals surface area contributed by atoms with Crippen LogP contribution in [0, 0.1) is 0 Å². The summed E-state index contributed by atoms with van der Waals surface area (Å²) in [5.74, 6) is 1.92. The highest BCUT2D eigenvalue weighted by Crippen LogP contribution is 2.34. The van der Waals surface area contributed by atoms with Crippen LogP contribution in [0.25, 0.3) is 10.8 Å². The zero-order chi connectivity index (χ0) is 17.1. The van der Waals surface area contributed by atoms with E-state index in [1.807, 2.05) is 24.3 Å². The van der Waals surface area contributed by atoms with E-state index >= 15 is 0 Å². The highest BCUT2D eigenvalue weighted by molar-refractivity contribution is 5.88. The van der Waals surface area contributed by atoms with Crippen LogP contribution >= 0.6 is 0 Å². The molecule has 0 unspecified atom stereocenters. The summed E-state index contributed by atoms with van der Waals surface area (Å²) in [6, 6.07) is 11.2. The molecule has 0 fully saturated rings. The maximum Gasteiger partial charge on any atom is 0.161 e. The van der Waals surface area contributed by atoms with E-state index < -0.39 is 0 Å². The van der Waals surface area contributed by atoms with Gasteiger partial charge >= 0.3 is 0 Å². The second kappa shape index (κ2) is 6.66. The maximum absolute atomic E-state index is 9.95. The Morgan fingerprint density at radius 1 is 0.875 bits per heavy atom. The number of aromatic nitrogens is 1. The number of aromatic hydroxyl groups is 1. The van der Waals surface area contributed by atoms with Crippen molar-refractivity contribution in [2.75, 3.05) is 21.3 Å². The van der Waals surface area contributed by atoms with Crippen LogP contribution in [0.3, 0.4) is 0 Å². The highest BCUT2D eigenvalue weighted by Gasteiger charge is 2.11. The number of phenolic OH excluding ortho intramolecular Hbond substituents is 1. The van der Waals surface area contributed by atoms with Gasteiger partial charge in [-0.1, -0.05) is 6.07 Å². The minimum atomic E-state index is 0.120. The van der Waals surface area contributed by atoms with E-state index in [2.05, 4.69) is 4.98 Å². The van der Waals surface area contributed by atoms with Gasteiger partial charge in [-0.15, -0.1) is 0 Å². The Bertz CT molecular complexity index is 877. The van der Waals surface area contributed by atoms with Crippen molar-refractivity contribution in [2.24, 2.45) is 0 Å². The minimum absolute atomic E-state index is 0.120.